The Morgan fingerprint density at radius 1 is 1.11 bits per heavy atom. The molecule has 4 atom stereocenters. The van der Waals surface area contributed by atoms with E-state index in [1.165, 1.54) is 0 Å². The van der Waals surface area contributed by atoms with Crippen molar-refractivity contribution in [1.29, 1.82) is 5.26 Å². The highest BCUT2D eigenvalue weighted by Gasteiger charge is 2.43. The van der Waals surface area contributed by atoms with E-state index in [-0.39, 0.29) is 18.7 Å². The van der Waals surface area contributed by atoms with E-state index in [2.05, 4.69) is 16.7 Å². The number of nitrogens with zero attached hydrogens (tertiary/aromatic N) is 2. The van der Waals surface area contributed by atoms with E-state index in [4.69, 9.17) is 4.74 Å². The van der Waals surface area contributed by atoms with Crippen molar-refractivity contribution in [2.24, 2.45) is 5.92 Å². The first kappa shape index (κ1) is 27.8. The van der Waals surface area contributed by atoms with Gasteiger partial charge in [0.1, 0.15) is 6.10 Å². The van der Waals surface area contributed by atoms with E-state index >= 15 is 0 Å². The summed E-state index contributed by atoms with van der Waals surface area (Å²) in [6.45, 7) is 5.85. The molecule has 2 fully saturated rings. The van der Waals surface area contributed by atoms with Gasteiger partial charge in [-0.15, -0.1) is 0 Å². The Labute approximate surface area is 223 Å². The van der Waals surface area contributed by atoms with Crippen LogP contribution in [0.5, 0.6) is 0 Å². The molecule has 3 aliphatic heterocycles. The second kappa shape index (κ2) is 12.5. The molecule has 0 radical (unpaired) electrons. The van der Waals surface area contributed by atoms with Crippen molar-refractivity contribution < 1.29 is 24.3 Å². The van der Waals surface area contributed by atoms with Crippen LogP contribution in [0.4, 0.5) is 4.79 Å². The van der Waals surface area contributed by atoms with Crippen LogP contribution in [0.2, 0.25) is 0 Å². The number of ketones is 1. The monoisotopic (exact) mass is 523 g/mol. The molecule has 1 aromatic carbocycles. The molecule has 204 valence electrons. The zero-order chi connectivity index (χ0) is 27.2. The first-order chi connectivity index (χ1) is 18.3. The second-order valence-electron chi connectivity index (χ2n) is 10.5. The number of hydrogen-bond donors (Lipinski definition) is 4. The van der Waals surface area contributed by atoms with Gasteiger partial charge >= 0.3 is 6.09 Å². The van der Waals surface area contributed by atoms with E-state index in [0.717, 1.165) is 47.9 Å². The van der Waals surface area contributed by atoms with Gasteiger partial charge < -0.3 is 20.3 Å². The third-order valence-electron chi connectivity index (χ3n) is 7.87. The molecule has 10 nitrogen and oxygen atoms in total. The molecule has 0 spiro atoms. The van der Waals surface area contributed by atoms with Crippen LogP contribution in [0.15, 0.2) is 18.2 Å². The van der Waals surface area contributed by atoms with Crippen molar-refractivity contribution >= 4 is 23.4 Å². The normalized spacial score (nSPS) is 25.9. The van der Waals surface area contributed by atoms with Crippen molar-refractivity contribution in [3.63, 3.8) is 0 Å². The summed E-state index contributed by atoms with van der Waals surface area (Å²) in [5.74, 6) is -1.75. The first-order valence-electron chi connectivity index (χ1n) is 13.4. The first-order valence-corrected chi connectivity index (χ1v) is 13.4. The fourth-order valence-corrected chi connectivity index (χ4v) is 5.78. The van der Waals surface area contributed by atoms with Crippen molar-refractivity contribution in [3.05, 3.63) is 40.5 Å². The van der Waals surface area contributed by atoms with Crippen molar-refractivity contribution in [3.8, 4) is 6.07 Å². The van der Waals surface area contributed by atoms with Gasteiger partial charge in [-0.25, -0.2) is 10.3 Å². The highest BCUT2D eigenvalue weighted by atomic mass is 16.6. The molecule has 3 heterocycles. The number of piperidine rings is 1. The van der Waals surface area contributed by atoms with Gasteiger partial charge in [-0.05, 0) is 61.8 Å². The Bertz CT molecular complexity index is 1110. The second-order valence-corrected chi connectivity index (χ2v) is 10.5. The number of Topliss-reactive ketones (excluding diaryl/α,β-unsaturated/α-hetero) is 1. The number of hydrogen-bond acceptors (Lipinski definition) is 8. The molecule has 0 aliphatic carbocycles. The molecule has 1 aromatic rings. The molecule has 10 heteroatoms. The molecule has 3 aliphatic rings. The molecular formula is C28H37N5O5. The summed E-state index contributed by atoms with van der Waals surface area (Å²) in [6, 6.07) is 4.80. The van der Waals surface area contributed by atoms with Gasteiger partial charge in [-0.3, -0.25) is 14.8 Å². The van der Waals surface area contributed by atoms with E-state index in [1.54, 1.807) is 10.4 Å². The van der Waals surface area contributed by atoms with Gasteiger partial charge in [0.25, 0.3) is 0 Å². The molecule has 4 rings (SSSR count). The fourth-order valence-electron chi connectivity index (χ4n) is 5.78. The summed E-state index contributed by atoms with van der Waals surface area (Å²) in [7, 11) is 0. The minimum absolute atomic E-state index is 0.138. The Hall–Kier alpha value is -3.26. The number of ether oxygens (including phenoxy) is 1. The number of carbonyl (C=O) groups is 3. The van der Waals surface area contributed by atoms with E-state index in [0.29, 0.717) is 31.6 Å². The van der Waals surface area contributed by atoms with Gasteiger partial charge in [-0.2, -0.15) is 5.26 Å². The molecule has 4 N–H and O–H groups in total. The molecule has 0 saturated carbocycles. The van der Waals surface area contributed by atoms with Crippen LogP contribution in [-0.4, -0.2) is 72.3 Å². The van der Waals surface area contributed by atoms with E-state index in [1.807, 2.05) is 32.1 Å². The van der Waals surface area contributed by atoms with Crippen LogP contribution in [-0.2, 0) is 14.3 Å². The number of carbonyl (C=O) groups excluding carboxylic acids is 3. The largest absolute Gasteiger partial charge is 0.445 e. The zero-order valence-corrected chi connectivity index (χ0v) is 22.1. The maximum absolute atomic E-state index is 13.6. The van der Waals surface area contributed by atoms with E-state index < -0.39 is 36.1 Å². The lowest BCUT2D eigenvalue weighted by atomic mass is 9.81. The van der Waals surface area contributed by atoms with Crippen LogP contribution >= 0.6 is 0 Å². The number of likely N-dealkylation sites (tertiary alicyclic amines) is 1. The van der Waals surface area contributed by atoms with Gasteiger partial charge in [0.2, 0.25) is 5.91 Å². The zero-order valence-electron chi connectivity index (χ0n) is 22.1. The highest BCUT2D eigenvalue weighted by Crippen LogP contribution is 2.29. The minimum Gasteiger partial charge on any atom is -0.445 e. The molecule has 2 saturated heterocycles. The van der Waals surface area contributed by atoms with Crippen molar-refractivity contribution in [2.45, 2.75) is 70.6 Å². The molecule has 2 amide bonds. The van der Waals surface area contributed by atoms with Gasteiger partial charge in [0.15, 0.2) is 5.78 Å². The number of rotatable bonds is 5. The third-order valence-corrected chi connectivity index (χ3v) is 7.87. The Morgan fingerprint density at radius 3 is 2.42 bits per heavy atom. The molecule has 38 heavy (non-hydrogen) atoms. The number of amides is 2. The lowest BCUT2D eigenvalue weighted by Gasteiger charge is -2.37. The smallest absolute Gasteiger partial charge is 0.410 e. The predicted molar refractivity (Wildman–Crippen MR) is 140 cm³/mol. The van der Waals surface area contributed by atoms with Crippen LogP contribution in [0, 0.1) is 31.1 Å². The SMILES string of the molecule is Cc1cc(C2=CCNC(C(=O)[C@H]3NC[C@@H](OC(=O)N4CCCCCC4)C[C@@H]3C(=O)NO)C2)cc(C)c1C#N. The minimum atomic E-state index is -0.890. The lowest BCUT2D eigenvalue weighted by molar-refractivity contribution is -0.141. The summed E-state index contributed by atoms with van der Waals surface area (Å²) in [6.07, 6.45) is 5.69. The fraction of sp³-hybridized carbons (Fsp3) is 0.571. The Kier molecular flexibility index (Phi) is 9.15. The van der Waals surface area contributed by atoms with E-state index in [9.17, 15) is 24.9 Å². The maximum atomic E-state index is 13.6. The molecule has 1 unspecified atom stereocenters. The van der Waals surface area contributed by atoms with Gasteiger partial charge in [-0.1, -0.05) is 31.1 Å². The molecule has 0 aromatic heterocycles. The number of nitrogens with one attached hydrogen (secondary N) is 3. The lowest BCUT2D eigenvalue weighted by Crippen LogP contribution is -2.60. The number of nitriles is 1. The number of aryl methyl sites for hydroxylation is 2. The number of benzene rings is 1. The summed E-state index contributed by atoms with van der Waals surface area (Å²) in [5.41, 5.74) is 6.09. The topological polar surface area (TPSA) is 144 Å². The Balaban J connectivity index is 1.43. The average Bonchev–Trinajstić information content (AvgIpc) is 3.22. The van der Waals surface area contributed by atoms with Crippen LogP contribution < -0.4 is 16.1 Å². The maximum Gasteiger partial charge on any atom is 0.410 e. The average molecular weight is 524 g/mol. The van der Waals surface area contributed by atoms with Gasteiger partial charge in [0.05, 0.1) is 29.6 Å². The summed E-state index contributed by atoms with van der Waals surface area (Å²) in [5, 5.41) is 25.1. The predicted octanol–water partition coefficient (Wildman–Crippen LogP) is 2.35. The quantitative estimate of drug-likeness (QED) is 0.340. The van der Waals surface area contributed by atoms with Crippen LogP contribution in [0.3, 0.4) is 0 Å². The molecule has 0 bridgehead atoms. The summed E-state index contributed by atoms with van der Waals surface area (Å²) in [4.78, 5) is 40.7. The standard InChI is InChI=1S/C28H37N5O5/c1-17-11-20(12-18(2)23(17)15-29)19-7-8-30-24(13-19)26(34)25-22(27(35)32-37)14-21(16-31-25)38-28(36)33-9-5-3-4-6-10-33/h7,11-12,21-22,24-25,30-31,37H,3-6,8-10,13-14,16H2,1-2H3,(H,32,35)/t21-,22-,24?,25-/m0/s1. The van der Waals surface area contributed by atoms with Crippen molar-refractivity contribution in [1.82, 2.24) is 21.0 Å². The van der Waals surface area contributed by atoms with Crippen molar-refractivity contribution in [2.75, 3.05) is 26.2 Å². The van der Waals surface area contributed by atoms with Crippen LogP contribution in [0.25, 0.3) is 5.57 Å². The van der Waals surface area contributed by atoms with Crippen LogP contribution in [0.1, 0.15) is 60.8 Å². The van der Waals surface area contributed by atoms with Gasteiger partial charge in [0, 0.05) is 26.2 Å². The number of hydroxylamine groups is 1. The third kappa shape index (κ3) is 6.23. The Morgan fingerprint density at radius 2 is 1.79 bits per heavy atom. The summed E-state index contributed by atoms with van der Waals surface area (Å²) < 4.78 is 5.70. The highest BCUT2D eigenvalue weighted by molar-refractivity contribution is 5.96. The summed E-state index contributed by atoms with van der Waals surface area (Å²) >= 11 is 0. The molecular weight excluding hydrogens is 486 g/mol.